The van der Waals surface area contributed by atoms with Gasteiger partial charge in [0.2, 0.25) is 0 Å². The highest BCUT2D eigenvalue weighted by Gasteiger charge is 2.42. The Morgan fingerprint density at radius 1 is 1.26 bits per heavy atom. The van der Waals surface area contributed by atoms with E-state index in [0.717, 1.165) is 10.6 Å². The van der Waals surface area contributed by atoms with Gasteiger partial charge < -0.3 is 19.1 Å². The third kappa shape index (κ3) is 6.77. The van der Waals surface area contributed by atoms with Gasteiger partial charge in [-0.2, -0.15) is 5.09 Å². The minimum atomic E-state index is -4.19. The molecule has 35 heavy (non-hydrogen) atoms. The molecule has 3 rings (SSSR count). The molecule has 5 atom stereocenters. The number of esters is 1. The molecule has 1 aromatic heterocycles. The lowest BCUT2D eigenvalue weighted by Gasteiger charge is -2.25. The van der Waals surface area contributed by atoms with Gasteiger partial charge in [0.25, 0.3) is 5.56 Å². The third-order valence-electron chi connectivity index (χ3n) is 4.89. The zero-order chi connectivity index (χ0) is 25.8. The van der Waals surface area contributed by atoms with Crippen LogP contribution in [0.25, 0.3) is 0 Å². The number of aromatic nitrogens is 2. The highest BCUT2D eigenvalue weighted by Crippen LogP contribution is 2.46. The van der Waals surface area contributed by atoms with E-state index in [1.165, 1.54) is 13.1 Å². The first-order valence-electron chi connectivity index (χ1n) is 10.8. The monoisotopic (exact) mass is 509 g/mol. The number of carbonyl (C=O) groups is 1. The summed E-state index contributed by atoms with van der Waals surface area (Å²) in [7, 11) is -4.19. The number of benzene rings is 1. The molecule has 0 spiro atoms. The normalized spacial score (nSPS) is 22.5. The van der Waals surface area contributed by atoms with Crippen LogP contribution < -0.4 is 20.9 Å². The molecule has 0 aliphatic carbocycles. The van der Waals surface area contributed by atoms with Crippen molar-refractivity contribution in [1.82, 2.24) is 14.6 Å². The van der Waals surface area contributed by atoms with Crippen molar-refractivity contribution in [3.8, 4) is 5.75 Å². The fourth-order valence-corrected chi connectivity index (χ4v) is 4.71. The topological polar surface area (TPSA) is 158 Å². The molecule has 1 saturated heterocycles. The molecule has 12 nitrogen and oxygen atoms in total. The van der Waals surface area contributed by atoms with Gasteiger partial charge in [0.15, 0.2) is 6.23 Å². The zero-order valence-electron chi connectivity index (χ0n) is 19.5. The van der Waals surface area contributed by atoms with Crippen molar-refractivity contribution >= 4 is 13.7 Å². The van der Waals surface area contributed by atoms with Gasteiger partial charge in [-0.1, -0.05) is 24.8 Å². The minimum Gasteiger partial charge on any atom is -0.462 e. The maximum Gasteiger partial charge on any atom is 0.459 e. The van der Waals surface area contributed by atoms with Crippen molar-refractivity contribution in [3.63, 3.8) is 0 Å². The molecule has 2 aromatic rings. The maximum atomic E-state index is 13.6. The summed E-state index contributed by atoms with van der Waals surface area (Å²) < 4.78 is 36.5. The summed E-state index contributed by atoms with van der Waals surface area (Å²) in [6.07, 6.45) is -2.64. The lowest BCUT2D eigenvalue weighted by Crippen LogP contribution is -2.37. The van der Waals surface area contributed by atoms with E-state index in [-0.39, 0.29) is 17.4 Å². The Hall–Kier alpha value is -3.02. The number of aliphatic hydroxyl groups excluding tert-OH is 1. The average molecular weight is 509 g/mol. The SMILES string of the molecule is C=C1[C@H](n2ccc(=O)[nH]c2=O)O[C@H](COP(=O)(N[C@@H](C)C(=O)OC(C)C)Oc2ccccc2)[C@H]1O. The molecular weight excluding hydrogens is 481 g/mol. The van der Waals surface area contributed by atoms with E-state index in [4.69, 9.17) is 18.5 Å². The van der Waals surface area contributed by atoms with Crippen molar-refractivity contribution < 1.29 is 33.0 Å². The molecule has 0 amide bonds. The van der Waals surface area contributed by atoms with Crippen LogP contribution in [0.1, 0.15) is 27.0 Å². The Balaban J connectivity index is 1.76. The largest absolute Gasteiger partial charge is 0.462 e. The van der Waals surface area contributed by atoms with Crippen molar-refractivity contribution in [2.24, 2.45) is 0 Å². The second kappa shape index (κ2) is 11.1. The van der Waals surface area contributed by atoms with Gasteiger partial charge in [-0.15, -0.1) is 0 Å². The summed E-state index contributed by atoms with van der Waals surface area (Å²) in [5.74, 6) is -0.453. The quantitative estimate of drug-likeness (QED) is 0.243. The van der Waals surface area contributed by atoms with Gasteiger partial charge in [0, 0.05) is 17.8 Å². The number of nitrogens with zero attached hydrogens (tertiary/aromatic N) is 1. The van der Waals surface area contributed by atoms with Crippen LogP contribution in [0.3, 0.4) is 0 Å². The van der Waals surface area contributed by atoms with Gasteiger partial charge in [-0.05, 0) is 32.9 Å². The average Bonchev–Trinajstić information content (AvgIpc) is 3.06. The molecule has 1 aliphatic rings. The fourth-order valence-electron chi connectivity index (χ4n) is 3.20. The van der Waals surface area contributed by atoms with Gasteiger partial charge in [0.1, 0.15) is 24.0 Å². The molecule has 0 saturated carbocycles. The molecule has 1 aliphatic heterocycles. The lowest BCUT2D eigenvalue weighted by atomic mass is 10.1. The predicted octanol–water partition coefficient (Wildman–Crippen LogP) is 1.48. The fraction of sp³-hybridized carbons (Fsp3) is 0.409. The minimum absolute atomic E-state index is 0.133. The number of nitrogens with one attached hydrogen (secondary N) is 2. The number of rotatable bonds is 10. The predicted molar refractivity (Wildman–Crippen MR) is 125 cm³/mol. The van der Waals surface area contributed by atoms with Crippen molar-refractivity contribution in [3.05, 3.63) is 75.6 Å². The van der Waals surface area contributed by atoms with E-state index in [2.05, 4.69) is 16.7 Å². The Bertz CT molecular complexity index is 1210. The van der Waals surface area contributed by atoms with Gasteiger partial charge in [-0.25, -0.2) is 9.36 Å². The molecule has 1 unspecified atom stereocenters. The second-order valence-electron chi connectivity index (χ2n) is 8.10. The summed E-state index contributed by atoms with van der Waals surface area (Å²) >= 11 is 0. The first-order chi connectivity index (χ1) is 16.5. The van der Waals surface area contributed by atoms with E-state index in [9.17, 15) is 24.1 Å². The van der Waals surface area contributed by atoms with Crippen molar-refractivity contribution in [2.75, 3.05) is 6.61 Å². The first kappa shape index (κ1) is 26.6. The van der Waals surface area contributed by atoms with E-state index >= 15 is 0 Å². The smallest absolute Gasteiger partial charge is 0.459 e. The van der Waals surface area contributed by atoms with Crippen molar-refractivity contribution in [1.29, 1.82) is 0 Å². The number of hydrogen-bond donors (Lipinski definition) is 3. The van der Waals surface area contributed by atoms with Crippen LogP contribution in [0, 0.1) is 0 Å². The van der Waals surface area contributed by atoms with Crippen LogP contribution in [0.5, 0.6) is 5.75 Å². The molecule has 0 bridgehead atoms. The van der Waals surface area contributed by atoms with Crippen LogP contribution in [0.4, 0.5) is 0 Å². The number of para-hydroxylation sites is 1. The van der Waals surface area contributed by atoms with E-state index in [1.807, 2.05) is 0 Å². The molecule has 13 heteroatoms. The van der Waals surface area contributed by atoms with Crippen molar-refractivity contribution in [2.45, 2.75) is 51.4 Å². The lowest BCUT2D eigenvalue weighted by molar-refractivity contribution is -0.149. The van der Waals surface area contributed by atoms with Crippen LogP contribution in [-0.4, -0.2) is 51.6 Å². The van der Waals surface area contributed by atoms with Gasteiger partial charge >= 0.3 is 19.4 Å². The van der Waals surface area contributed by atoms with Gasteiger partial charge in [0.05, 0.1) is 12.7 Å². The van der Waals surface area contributed by atoms with Crippen LogP contribution >= 0.6 is 7.75 Å². The molecule has 1 aromatic carbocycles. The molecule has 3 N–H and O–H groups in total. The Morgan fingerprint density at radius 3 is 2.57 bits per heavy atom. The molecule has 190 valence electrons. The number of H-pyrrole nitrogens is 1. The number of hydrogen-bond acceptors (Lipinski definition) is 9. The van der Waals surface area contributed by atoms with E-state index in [0.29, 0.717) is 0 Å². The number of ether oxygens (including phenoxy) is 2. The van der Waals surface area contributed by atoms with E-state index in [1.54, 1.807) is 44.2 Å². The van der Waals surface area contributed by atoms with Gasteiger partial charge in [-0.3, -0.25) is 23.7 Å². The Labute approximate surface area is 201 Å². The number of carbonyl (C=O) groups excluding carboxylic acids is 1. The highest BCUT2D eigenvalue weighted by molar-refractivity contribution is 7.52. The summed E-state index contributed by atoms with van der Waals surface area (Å²) in [4.78, 5) is 37.8. The first-order valence-corrected chi connectivity index (χ1v) is 12.3. The van der Waals surface area contributed by atoms with Crippen LogP contribution in [-0.2, 0) is 23.4 Å². The number of aromatic amines is 1. The maximum absolute atomic E-state index is 13.6. The molecule has 2 heterocycles. The Morgan fingerprint density at radius 2 is 1.94 bits per heavy atom. The summed E-state index contributed by atoms with van der Waals surface area (Å²) in [5, 5.41) is 13.1. The second-order valence-corrected chi connectivity index (χ2v) is 9.79. The van der Waals surface area contributed by atoms with Crippen LogP contribution in [0.15, 0.2) is 64.3 Å². The molecule has 0 radical (unpaired) electrons. The number of aliphatic hydroxyl groups is 1. The molecular formula is C22H28N3O9P. The Kier molecular flexibility index (Phi) is 8.47. The molecule has 1 fully saturated rings. The summed E-state index contributed by atoms with van der Waals surface area (Å²) in [6, 6.07) is 8.24. The highest BCUT2D eigenvalue weighted by atomic mass is 31.2. The van der Waals surface area contributed by atoms with Crippen LogP contribution in [0.2, 0.25) is 0 Å². The summed E-state index contributed by atoms with van der Waals surface area (Å²) in [6.45, 7) is 8.11. The zero-order valence-corrected chi connectivity index (χ0v) is 20.3. The third-order valence-corrected chi connectivity index (χ3v) is 6.54. The summed E-state index contributed by atoms with van der Waals surface area (Å²) in [5.41, 5.74) is -1.21. The van der Waals surface area contributed by atoms with E-state index < -0.39 is 56.0 Å². The standard InChI is InChI=1S/C22H28N3O9P/c1-13(2)32-21(28)15(4)24-35(30,34-16-8-6-5-7-9-16)31-12-17-19(27)14(3)20(33-17)25-11-10-18(26)23-22(25)29/h5-11,13,15,17,19-20,27H,3,12H2,1-2,4H3,(H,24,30)(H,23,26,29)/t15-,17+,19-,20+,35?/m0/s1.